The van der Waals surface area contributed by atoms with Gasteiger partial charge in [0.25, 0.3) is 0 Å². The zero-order chi connectivity index (χ0) is 10.6. The van der Waals surface area contributed by atoms with Crippen LogP contribution in [0.2, 0.25) is 0 Å². The maximum atomic E-state index is 11.4. The van der Waals surface area contributed by atoms with Crippen molar-refractivity contribution in [3.63, 3.8) is 0 Å². The highest BCUT2D eigenvalue weighted by Gasteiger charge is 2.11. The van der Waals surface area contributed by atoms with Gasteiger partial charge < -0.3 is 4.74 Å². The van der Waals surface area contributed by atoms with Gasteiger partial charge in [-0.15, -0.1) is 0 Å². The van der Waals surface area contributed by atoms with Crippen LogP contribution in [0.15, 0.2) is 29.2 Å². The van der Waals surface area contributed by atoms with Gasteiger partial charge in [0.05, 0.1) is 16.6 Å². The van der Waals surface area contributed by atoms with Crippen LogP contribution in [0.1, 0.15) is 6.92 Å². The van der Waals surface area contributed by atoms with Crippen molar-refractivity contribution in [1.29, 1.82) is 0 Å². The monoisotopic (exact) mass is 232 g/mol. The Labute approximate surface area is 89.4 Å². The van der Waals surface area contributed by atoms with E-state index in [1.807, 2.05) is 6.92 Å². The van der Waals surface area contributed by atoms with E-state index in [0.717, 1.165) is 0 Å². The van der Waals surface area contributed by atoms with E-state index in [4.69, 9.17) is 4.74 Å². The Bertz CT molecular complexity index is 381. The molecule has 5 heteroatoms. The van der Waals surface area contributed by atoms with E-state index in [0.29, 0.717) is 12.4 Å². The normalized spacial score (nSPS) is 11.3. The predicted molar refractivity (Wildman–Crippen MR) is 58.6 cm³/mol. The molecule has 0 saturated heterocycles. The van der Waals surface area contributed by atoms with Crippen molar-refractivity contribution >= 4 is 22.5 Å². The fourth-order valence-electron chi connectivity index (χ4n) is 0.984. The van der Waals surface area contributed by atoms with Gasteiger partial charge in [0, 0.05) is 0 Å². The first-order valence-electron chi connectivity index (χ1n) is 4.16. The molecule has 78 valence electrons. The summed E-state index contributed by atoms with van der Waals surface area (Å²) in [7, 11) is -3.22. The Morgan fingerprint density at radius 3 is 2.29 bits per heavy atom. The largest absolute Gasteiger partial charge is 0.494 e. The molecule has 0 bridgehead atoms. The van der Waals surface area contributed by atoms with Crippen LogP contribution in [0.5, 0.6) is 5.75 Å². The van der Waals surface area contributed by atoms with Gasteiger partial charge in [0.1, 0.15) is 5.75 Å². The number of sulfone groups is 1. The lowest BCUT2D eigenvalue weighted by Crippen LogP contribution is -2.01. The third-order valence-corrected chi connectivity index (χ3v) is 4.01. The Kier molecular flexibility index (Phi) is 3.83. The van der Waals surface area contributed by atoms with E-state index in [-0.39, 0.29) is 9.98 Å². The highest BCUT2D eigenvalue weighted by atomic mass is 32.2. The maximum Gasteiger partial charge on any atom is 0.187 e. The average molecular weight is 232 g/mol. The van der Waals surface area contributed by atoms with E-state index in [2.05, 4.69) is 12.6 Å². The standard InChI is InChI=1S/C9H12O3S2/c1-2-12-8-3-5-9(6-4-8)14(10,11)7-13/h3-6,13H,2,7H2,1H3. The highest BCUT2D eigenvalue weighted by molar-refractivity contribution is 8.03. The zero-order valence-corrected chi connectivity index (χ0v) is 9.51. The molecule has 0 N–H and O–H groups in total. The Morgan fingerprint density at radius 2 is 1.86 bits per heavy atom. The molecule has 0 radical (unpaired) electrons. The molecule has 14 heavy (non-hydrogen) atoms. The van der Waals surface area contributed by atoms with Crippen LogP contribution in [0.4, 0.5) is 0 Å². The zero-order valence-electron chi connectivity index (χ0n) is 7.80. The number of rotatable bonds is 4. The molecular weight excluding hydrogens is 220 g/mol. The maximum absolute atomic E-state index is 11.4. The molecule has 3 nitrogen and oxygen atoms in total. The molecule has 0 fully saturated rings. The third-order valence-electron chi connectivity index (χ3n) is 1.66. The van der Waals surface area contributed by atoms with Gasteiger partial charge in [-0.1, -0.05) is 0 Å². The second kappa shape index (κ2) is 4.70. The predicted octanol–water partition coefficient (Wildman–Crippen LogP) is 1.75. The summed E-state index contributed by atoms with van der Waals surface area (Å²) >= 11 is 3.76. The molecule has 0 saturated carbocycles. The number of benzene rings is 1. The van der Waals surface area contributed by atoms with Gasteiger partial charge >= 0.3 is 0 Å². The minimum atomic E-state index is -3.22. The summed E-state index contributed by atoms with van der Waals surface area (Å²) in [6.07, 6.45) is 0. The second-order valence-corrected chi connectivity index (χ2v) is 5.38. The first-order valence-corrected chi connectivity index (χ1v) is 6.45. The van der Waals surface area contributed by atoms with Crippen molar-refractivity contribution in [2.24, 2.45) is 0 Å². The summed E-state index contributed by atoms with van der Waals surface area (Å²) < 4.78 is 27.9. The van der Waals surface area contributed by atoms with E-state index in [1.165, 1.54) is 12.1 Å². The third kappa shape index (κ3) is 2.65. The summed E-state index contributed by atoms with van der Waals surface area (Å²) in [5, 5.41) is -0.180. The molecule has 0 spiro atoms. The molecule has 0 aliphatic heterocycles. The van der Waals surface area contributed by atoms with Gasteiger partial charge in [-0.2, -0.15) is 12.6 Å². The minimum Gasteiger partial charge on any atom is -0.494 e. The first kappa shape index (κ1) is 11.4. The van der Waals surface area contributed by atoms with Crippen LogP contribution in [0.3, 0.4) is 0 Å². The van der Waals surface area contributed by atoms with Crippen molar-refractivity contribution < 1.29 is 13.2 Å². The molecular formula is C9H12O3S2. The van der Waals surface area contributed by atoms with Gasteiger partial charge in [0.2, 0.25) is 0 Å². The van der Waals surface area contributed by atoms with Crippen LogP contribution in [-0.2, 0) is 9.84 Å². The van der Waals surface area contributed by atoms with Crippen LogP contribution in [-0.4, -0.2) is 20.1 Å². The van der Waals surface area contributed by atoms with Crippen LogP contribution in [0, 0.1) is 0 Å². The number of hydrogen-bond donors (Lipinski definition) is 1. The minimum absolute atomic E-state index is 0.180. The molecule has 0 unspecified atom stereocenters. The smallest absolute Gasteiger partial charge is 0.187 e. The van der Waals surface area contributed by atoms with E-state index in [1.54, 1.807) is 12.1 Å². The number of ether oxygens (including phenoxy) is 1. The second-order valence-electron chi connectivity index (χ2n) is 2.65. The fraction of sp³-hybridized carbons (Fsp3) is 0.333. The molecule has 1 rings (SSSR count). The summed E-state index contributed by atoms with van der Waals surface area (Å²) in [6, 6.07) is 6.33. The van der Waals surface area contributed by atoms with Crippen LogP contribution < -0.4 is 4.74 Å². The quantitative estimate of drug-likeness (QED) is 0.804. The molecule has 0 heterocycles. The van der Waals surface area contributed by atoms with Crippen molar-refractivity contribution in [3.8, 4) is 5.75 Å². The SMILES string of the molecule is CCOc1ccc(S(=O)(=O)CS)cc1. The Morgan fingerprint density at radius 1 is 1.29 bits per heavy atom. The molecule has 0 amide bonds. The number of thiol groups is 1. The van der Waals surface area contributed by atoms with Gasteiger partial charge in [0.15, 0.2) is 9.84 Å². The molecule has 0 aliphatic carbocycles. The molecule has 1 aromatic rings. The topological polar surface area (TPSA) is 43.4 Å². The van der Waals surface area contributed by atoms with Crippen molar-refractivity contribution in [3.05, 3.63) is 24.3 Å². The van der Waals surface area contributed by atoms with Gasteiger partial charge in [-0.25, -0.2) is 8.42 Å². The molecule has 1 aromatic carbocycles. The Hall–Kier alpha value is -0.680. The molecule has 0 aromatic heterocycles. The Balaban J connectivity index is 2.94. The van der Waals surface area contributed by atoms with Gasteiger partial charge in [-0.05, 0) is 31.2 Å². The summed E-state index contributed by atoms with van der Waals surface area (Å²) in [5.74, 6) is 0.672. The lowest BCUT2D eigenvalue weighted by atomic mass is 10.3. The van der Waals surface area contributed by atoms with Crippen molar-refractivity contribution in [1.82, 2.24) is 0 Å². The van der Waals surface area contributed by atoms with E-state index >= 15 is 0 Å². The molecule has 0 aliphatic rings. The van der Waals surface area contributed by atoms with E-state index in [9.17, 15) is 8.42 Å². The first-order chi connectivity index (χ1) is 6.60. The lowest BCUT2D eigenvalue weighted by Gasteiger charge is -2.04. The van der Waals surface area contributed by atoms with Crippen LogP contribution in [0.25, 0.3) is 0 Å². The van der Waals surface area contributed by atoms with Crippen molar-refractivity contribution in [2.45, 2.75) is 11.8 Å². The number of hydrogen-bond acceptors (Lipinski definition) is 4. The lowest BCUT2D eigenvalue weighted by molar-refractivity contribution is 0.340. The average Bonchev–Trinajstić information content (AvgIpc) is 2.19. The van der Waals surface area contributed by atoms with Crippen molar-refractivity contribution in [2.75, 3.05) is 11.7 Å². The van der Waals surface area contributed by atoms with E-state index < -0.39 is 9.84 Å². The summed E-state index contributed by atoms with van der Waals surface area (Å²) in [6.45, 7) is 2.44. The molecule has 0 atom stereocenters. The fourth-order valence-corrected chi connectivity index (χ4v) is 2.13. The van der Waals surface area contributed by atoms with Gasteiger partial charge in [-0.3, -0.25) is 0 Å². The van der Waals surface area contributed by atoms with Crippen LogP contribution >= 0.6 is 12.6 Å². The highest BCUT2D eigenvalue weighted by Crippen LogP contribution is 2.17. The summed E-state index contributed by atoms with van der Waals surface area (Å²) in [5.41, 5.74) is 0. The summed E-state index contributed by atoms with van der Waals surface area (Å²) in [4.78, 5) is 0.274.